The van der Waals surface area contributed by atoms with Crippen LogP contribution >= 0.6 is 0 Å². The zero-order chi connectivity index (χ0) is 17.5. The van der Waals surface area contributed by atoms with Gasteiger partial charge in [-0.1, -0.05) is 25.1 Å². The fourth-order valence-corrected chi connectivity index (χ4v) is 2.62. The Kier molecular flexibility index (Phi) is 7.06. The van der Waals surface area contributed by atoms with E-state index in [1.165, 1.54) is 0 Å². The zero-order valence-electron chi connectivity index (χ0n) is 14.8. The number of rotatable bonds is 10. The molecule has 5 heteroatoms. The Morgan fingerprint density at radius 3 is 2.46 bits per heavy atom. The van der Waals surface area contributed by atoms with Crippen molar-refractivity contribution < 1.29 is 19.0 Å². The summed E-state index contributed by atoms with van der Waals surface area (Å²) in [5.41, 5.74) is 5.62. The molecule has 1 saturated carbocycles. The maximum atomic E-state index is 11.9. The average Bonchev–Trinajstić information content (AvgIpc) is 3.39. The van der Waals surface area contributed by atoms with Crippen LogP contribution in [-0.4, -0.2) is 36.9 Å². The number of ether oxygens (including phenoxy) is 3. The van der Waals surface area contributed by atoms with Crippen LogP contribution in [0.2, 0.25) is 0 Å². The van der Waals surface area contributed by atoms with Crippen molar-refractivity contribution in [3.8, 4) is 5.75 Å². The van der Waals surface area contributed by atoms with Crippen LogP contribution in [0.3, 0.4) is 0 Å². The number of esters is 1. The Morgan fingerprint density at radius 1 is 1.25 bits per heavy atom. The third-order valence-electron chi connectivity index (χ3n) is 4.08. The standard InChI is InChI=1S/C19H29NO4/c1-4-12-22-18(15-10-11-15)17(14(3)23-19(21)13(2)20)24-16-8-6-5-7-9-16/h5-9,13-15,17-18H,4,10-12,20H2,1-3H3/t13-,14-,17-,18-/m0/s1. The minimum Gasteiger partial charge on any atom is -0.484 e. The molecule has 1 aromatic carbocycles. The Morgan fingerprint density at radius 2 is 1.92 bits per heavy atom. The molecule has 0 heterocycles. The van der Waals surface area contributed by atoms with Crippen molar-refractivity contribution in [3.05, 3.63) is 30.3 Å². The molecule has 0 amide bonds. The van der Waals surface area contributed by atoms with Crippen LogP contribution in [0.5, 0.6) is 5.75 Å². The fourth-order valence-electron chi connectivity index (χ4n) is 2.62. The molecule has 1 aromatic rings. The topological polar surface area (TPSA) is 70.8 Å². The molecule has 0 spiro atoms. The van der Waals surface area contributed by atoms with Crippen LogP contribution in [0.1, 0.15) is 40.0 Å². The predicted molar refractivity (Wildman–Crippen MR) is 92.8 cm³/mol. The van der Waals surface area contributed by atoms with Crippen LogP contribution < -0.4 is 10.5 Å². The van der Waals surface area contributed by atoms with Crippen LogP contribution in [-0.2, 0) is 14.3 Å². The van der Waals surface area contributed by atoms with Gasteiger partial charge in [0.2, 0.25) is 0 Å². The molecule has 1 aliphatic carbocycles. The molecule has 1 fully saturated rings. The van der Waals surface area contributed by atoms with Gasteiger partial charge in [0, 0.05) is 6.61 Å². The smallest absolute Gasteiger partial charge is 0.323 e. The number of hydrogen-bond donors (Lipinski definition) is 1. The van der Waals surface area contributed by atoms with E-state index in [0.717, 1.165) is 25.0 Å². The van der Waals surface area contributed by atoms with Crippen molar-refractivity contribution in [1.29, 1.82) is 0 Å². The van der Waals surface area contributed by atoms with Gasteiger partial charge in [-0.2, -0.15) is 0 Å². The second-order valence-electron chi connectivity index (χ2n) is 6.50. The van der Waals surface area contributed by atoms with E-state index in [0.29, 0.717) is 12.5 Å². The summed E-state index contributed by atoms with van der Waals surface area (Å²) in [6.07, 6.45) is 2.31. The number of para-hydroxylation sites is 1. The van der Waals surface area contributed by atoms with E-state index in [2.05, 4.69) is 6.92 Å². The first-order chi connectivity index (χ1) is 11.5. The van der Waals surface area contributed by atoms with Gasteiger partial charge in [-0.3, -0.25) is 4.79 Å². The highest BCUT2D eigenvalue weighted by atomic mass is 16.6. The molecule has 2 N–H and O–H groups in total. The monoisotopic (exact) mass is 335 g/mol. The first-order valence-corrected chi connectivity index (χ1v) is 8.82. The van der Waals surface area contributed by atoms with E-state index >= 15 is 0 Å². The third kappa shape index (κ3) is 5.49. The SMILES string of the molecule is CCCO[C@@H](C1CC1)[C@@H](Oc1ccccc1)[C@H](C)OC(=O)[C@H](C)N. The maximum Gasteiger partial charge on any atom is 0.323 e. The zero-order valence-corrected chi connectivity index (χ0v) is 14.8. The van der Waals surface area contributed by atoms with Crippen LogP contribution in [0.25, 0.3) is 0 Å². The lowest BCUT2D eigenvalue weighted by atomic mass is 10.0. The molecular formula is C19H29NO4. The molecule has 2 rings (SSSR count). The van der Waals surface area contributed by atoms with Gasteiger partial charge >= 0.3 is 5.97 Å². The van der Waals surface area contributed by atoms with Crippen molar-refractivity contribution in [2.24, 2.45) is 11.7 Å². The molecule has 134 valence electrons. The number of benzene rings is 1. The minimum atomic E-state index is -0.652. The average molecular weight is 335 g/mol. The lowest BCUT2D eigenvalue weighted by Gasteiger charge is -2.32. The summed E-state index contributed by atoms with van der Waals surface area (Å²) < 4.78 is 17.8. The van der Waals surface area contributed by atoms with Gasteiger partial charge in [0.05, 0.1) is 0 Å². The molecular weight excluding hydrogens is 306 g/mol. The molecule has 0 saturated heterocycles. The first-order valence-electron chi connectivity index (χ1n) is 8.82. The molecule has 1 aliphatic rings. The molecule has 0 radical (unpaired) electrons. The summed E-state index contributed by atoms with van der Waals surface area (Å²) in [5.74, 6) is 0.785. The Bertz CT molecular complexity index is 501. The molecule has 0 bridgehead atoms. The third-order valence-corrected chi connectivity index (χ3v) is 4.08. The second kappa shape index (κ2) is 9.04. The predicted octanol–water partition coefficient (Wildman–Crippen LogP) is 2.92. The van der Waals surface area contributed by atoms with Gasteiger partial charge in [-0.15, -0.1) is 0 Å². The Balaban J connectivity index is 2.13. The largest absolute Gasteiger partial charge is 0.484 e. The summed E-state index contributed by atoms with van der Waals surface area (Å²) >= 11 is 0. The van der Waals surface area contributed by atoms with Crippen molar-refractivity contribution in [3.63, 3.8) is 0 Å². The van der Waals surface area contributed by atoms with Crippen molar-refractivity contribution in [2.45, 2.75) is 64.4 Å². The normalized spacial score (nSPS) is 19.2. The van der Waals surface area contributed by atoms with Gasteiger partial charge in [-0.05, 0) is 51.2 Å². The summed E-state index contributed by atoms with van der Waals surface area (Å²) in [4.78, 5) is 11.9. The highest BCUT2D eigenvalue weighted by Crippen LogP contribution is 2.38. The molecule has 0 unspecified atom stereocenters. The molecule has 0 aromatic heterocycles. The van der Waals surface area contributed by atoms with Gasteiger partial charge in [-0.25, -0.2) is 0 Å². The van der Waals surface area contributed by atoms with Crippen molar-refractivity contribution >= 4 is 5.97 Å². The Hall–Kier alpha value is -1.59. The number of carbonyl (C=O) groups excluding carboxylic acids is 1. The maximum absolute atomic E-state index is 11.9. The van der Waals surface area contributed by atoms with Crippen LogP contribution in [0.15, 0.2) is 30.3 Å². The highest BCUT2D eigenvalue weighted by Gasteiger charge is 2.42. The molecule has 24 heavy (non-hydrogen) atoms. The van der Waals surface area contributed by atoms with E-state index < -0.39 is 18.1 Å². The summed E-state index contributed by atoms with van der Waals surface area (Å²) in [7, 11) is 0. The number of carbonyl (C=O) groups is 1. The first kappa shape index (κ1) is 18.7. The number of nitrogens with two attached hydrogens (primary N) is 1. The molecule has 0 aliphatic heterocycles. The van der Waals surface area contributed by atoms with E-state index in [4.69, 9.17) is 19.9 Å². The number of hydrogen-bond acceptors (Lipinski definition) is 5. The minimum absolute atomic E-state index is 0.0824. The highest BCUT2D eigenvalue weighted by molar-refractivity contribution is 5.75. The van der Waals surface area contributed by atoms with Gasteiger partial charge in [0.25, 0.3) is 0 Å². The van der Waals surface area contributed by atoms with Crippen molar-refractivity contribution in [2.75, 3.05) is 6.61 Å². The van der Waals surface area contributed by atoms with E-state index in [9.17, 15) is 4.79 Å². The fraction of sp³-hybridized carbons (Fsp3) is 0.632. The molecule has 4 atom stereocenters. The van der Waals surface area contributed by atoms with E-state index in [1.54, 1.807) is 6.92 Å². The van der Waals surface area contributed by atoms with Crippen LogP contribution in [0, 0.1) is 5.92 Å². The van der Waals surface area contributed by atoms with E-state index in [1.807, 2.05) is 37.3 Å². The second-order valence-corrected chi connectivity index (χ2v) is 6.50. The van der Waals surface area contributed by atoms with Crippen molar-refractivity contribution in [1.82, 2.24) is 0 Å². The van der Waals surface area contributed by atoms with Gasteiger partial charge < -0.3 is 19.9 Å². The van der Waals surface area contributed by atoms with E-state index in [-0.39, 0.29) is 12.2 Å². The van der Waals surface area contributed by atoms with Crippen LogP contribution in [0.4, 0.5) is 0 Å². The molecule has 5 nitrogen and oxygen atoms in total. The summed E-state index contributed by atoms with van der Waals surface area (Å²) in [6.45, 7) is 6.22. The Labute approximate surface area is 144 Å². The summed E-state index contributed by atoms with van der Waals surface area (Å²) in [6, 6.07) is 8.93. The summed E-state index contributed by atoms with van der Waals surface area (Å²) in [5, 5.41) is 0. The van der Waals surface area contributed by atoms with Gasteiger partial charge in [0.1, 0.15) is 24.0 Å². The lowest BCUT2D eigenvalue weighted by molar-refractivity contribution is -0.160. The van der Waals surface area contributed by atoms with Gasteiger partial charge in [0.15, 0.2) is 6.10 Å². The quantitative estimate of drug-likeness (QED) is 0.666. The lowest BCUT2D eigenvalue weighted by Crippen LogP contribution is -2.47.